The summed E-state index contributed by atoms with van der Waals surface area (Å²) < 4.78 is 18.8. The largest absolute Gasteiger partial charge is 0.483 e. The van der Waals surface area contributed by atoms with E-state index in [-0.39, 0.29) is 17.5 Å². The van der Waals surface area contributed by atoms with Crippen LogP contribution in [0.4, 0.5) is 10.1 Å². The van der Waals surface area contributed by atoms with Gasteiger partial charge in [-0.05, 0) is 61.1 Å². The van der Waals surface area contributed by atoms with E-state index >= 15 is 0 Å². The fraction of sp³-hybridized carbons (Fsp3) is 0.278. The average Bonchev–Trinajstić information content (AvgIpc) is 2.56. The van der Waals surface area contributed by atoms with Crippen LogP contribution in [0.15, 0.2) is 36.4 Å². The molecule has 0 bridgehead atoms. The van der Waals surface area contributed by atoms with Crippen LogP contribution in [-0.2, 0) is 17.6 Å². The van der Waals surface area contributed by atoms with Gasteiger partial charge in [-0.1, -0.05) is 23.7 Å². The van der Waals surface area contributed by atoms with E-state index in [4.69, 9.17) is 16.3 Å². The molecule has 1 amide bonds. The van der Waals surface area contributed by atoms with Crippen molar-refractivity contribution in [2.45, 2.75) is 25.7 Å². The van der Waals surface area contributed by atoms with E-state index in [1.807, 2.05) is 12.1 Å². The lowest BCUT2D eigenvalue weighted by Crippen LogP contribution is -2.21. The number of carbonyl (C=O) groups is 1. The zero-order valence-corrected chi connectivity index (χ0v) is 13.3. The van der Waals surface area contributed by atoms with E-state index in [1.54, 1.807) is 0 Å². The molecule has 0 aliphatic heterocycles. The summed E-state index contributed by atoms with van der Waals surface area (Å²) in [4.78, 5) is 12.0. The van der Waals surface area contributed by atoms with Crippen LogP contribution in [0, 0.1) is 5.82 Å². The Morgan fingerprint density at radius 3 is 2.87 bits per heavy atom. The number of aryl methyl sites for hydroxylation is 1. The van der Waals surface area contributed by atoms with Gasteiger partial charge in [-0.25, -0.2) is 4.39 Å². The van der Waals surface area contributed by atoms with Crippen LogP contribution in [0.3, 0.4) is 0 Å². The molecular formula is C18H17ClFNO2. The minimum Gasteiger partial charge on any atom is -0.483 e. The maximum absolute atomic E-state index is 13.1. The summed E-state index contributed by atoms with van der Waals surface area (Å²) in [7, 11) is 0. The molecule has 2 aromatic carbocycles. The first kappa shape index (κ1) is 15.8. The Morgan fingerprint density at radius 2 is 2.04 bits per heavy atom. The molecule has 0 radical (unpaired) electrons. The van der Waals surface area contributed by atoms with Crippen LogP contribution in [0.5, 0.6) is 5.75 Å². The molecule has 0 aromatic heterocycles. The van der Waals surface area contributed by atoms with Crippen LogP contribution in [-0.4, -0.2) is 12.5 Å². The molecule has 1 aliphatic rings. The summed E-state index contributed by atoms with van der Waals surface area (Å²) in [6.07, 6.45) is 4.39. The number of ether oxygens (including phenoxy) is 1. The Hall–Kier alpha value is -2.07. The van der Waals surface area contributed by atoms with Crippen molar-refractivity contribution in [3.8, 4) is 5.75 Å². The molecule has 0 atom stereocenters. The van der Waals surface area contributed by atoms with Gasteiger partial charge in [0, 0.05) is 5.69 Å². The lowest BCUT2D eigenvalue weighted by Gasteiger charge is -2.19. The number of anilines is 1. The van der Waals surface area contributed by atoms with Crippen molar-refractivity contribution in [1.82, 2.24) is 0 Å². The molecule has 0 unspecified atom stereocenters. The molecule has 120 valence electrons. The zero-order chi connectivity index (χ0) is 16.2. The standard InChI is InChI=1S/C18H17ClFNO2/c19-15-10-13(8-9-16(15)20)21-18(22)11-23-17-7-3-5-12-4-1-2-6-14(12)17/h3,5,7-10H,1-2,4,6,11H2,(H,21,22). The van der Waals surface area contributed by atoms with Crippen molar-refractivity contribution in [2.24, 2.45) is 0 Å². The number of amides is 1. The Labute approximate surface area is 139 Å². The second-order valence-corrected chi connectivity index (χ2v) is 5.97. The molecule has 0 fully saturated rings. The van der Waals surface area contributed by atoms with E-state index < -0.39 is 5.82 Å². The molecule has 3 nitrogen and oxygen atoms in total. The lowest BCUT2D eigenvalue weighted by molar-refractivity contribution is -0.118. The molecule has 0 heterocycles. The Bertz CT molecular complexity index is 733. The quantitative estimate of drug-likeness (QED) is 0.902. The summed E-state index contributed by atoms with van der Waals surface area (Å²) in [5.41, 5.74) is 2.95. The SMILES string of the molecule is O=C(COc1cccc2c1CCCC2)Nc1ccc(F)c(Cl)c1. The van der Waals surface area contributed by atoms with Gasteiger partial charge in [0.25, 0.3) is 5.91 Å². The van der Waals surface area contributed by atoms with Gasteiger partial charge >= 0.3 is 0 Å². The second-order valence-electron chi connectivity index (χ2n) is 5.57. The van der Waals surface area contributed by atoms with E-state index in [0.29, 0.717) is 5.69 Å². The smallest absolute Gasteiger partial charge is 0.262 e. The first-order chi connectivity index (χ1) is 11.1. The lowest BCUT2D eigenvalue weighted by atomic mass is 9.91. The van der Waals surface area contributed by atoms with Crippen molar-refractivity contribution in [3.63, 3.8) is 0 Å². The highest BCUT2D eigenvalue weighted by atomic mass is 35.5. The highest BCUT2D eigenvalue weighted by Crippen LogP contribution is 2.29. The van der Waals surface area contributed by atoms with E-state index in [1.165, 1.54) is 35.7 Å². The van der Waals surface area contributed by atoms with Gasteiger partial charge in [-0.15, -0.1) is 0 Å². The summed E-state index contributed by atoms with van der Waals surface area (Å²) in [6.45, 7) is -0.0918. The molecule has 1 N–H and O–H groups in total. The first-order valence-corrected chi connectivity index (χ1v) is 8.00. The molecule has 3 rings (SSSR count). The van der Waals surface area contributed by atoms with Crippen LogP contribution < -0.4 is 10.1 Å². The molecule has 23 heavy (non-hydrogen) atoms. The number of hydrogen-bond donors (Lipinski definition) is 1. The summed E-state index contributed by atoms with van der Waals surface area (Å²) in [6, 6.07) is 10.0. The number of hydrogen-bond acceptors (Lipinski definition) is 2. The van der Waals surface area contributed by atoms with Crippen LogP contribution >= 0.6 is 11.6 Å². The predicted molar refractivity (Wildman–Crippen MR) is 88.6 cm³/mol. The fourth-order valence-corrected chi connectivity index (χ4v) is 2.98. The van der Waals surface area contributed by atoms with Gasteiger partial charge in [0.15, 0.2) is 6.61 Å². The van der Waals surface area contributed by atoms with Crippen LogP contribution in [0.1, 0.15) is 24.0 Å². The third kappa shape index (κ3) is 3.82. The van der Waals surface area contributed by atoms with E-state index in [0.717, 1.165) is 25.0 Å². The van der Waals surface area contributed by atoms with Crippen molar-refractivity contribution in [3.05, 3.63) is 58.4 Å². The summed E-state index contributed by atoms with van der Waals surface area (Å²) in [5.74, 6) is -0.0487. The zero-order valence-electron chi connectivity index (χ0n) is 12.6. The number of nitrogens with one attached hydrogen (secondary N) is 1. The molecular weight excluding hydrogens is 317 g/mol. The van der Waals surface area contributed by atoms with Crippen LogP contribution in [0.25, 0.3) is 0 Å². The van der Waals surface area contributed by atoms with Gasteiger partial charge in [0.05, 0.1) is 5.02 Å². The highest BCUT2D eigenvalue weighted by molar-refractivity contribution is 6.31. The van der Waals surface area contributed by atoms with Crippen molar-refractivity contribution in [2.75, 3.05) is 11.9 Å². The minimum absolute atomic E-state index is 0.0270. The van der Waals surface area contributed by atoms with Gasteiger partial charge < -0.3 is 10.1 Å². The summed E-state index contributed by atoms with van der Waals surface area (Å²) >= 11 is 5.69. The van der Waals surface area contributed by atoms with Crippen molar-refractivity contribution < 1.29 is 13.9 Å². The van der Waals surface area contributed by atoms with Crippen molar-refractivity contribution in [1.29, 1.82) is 0 Å². The maximum Gasteiger partial charge on any atom is 0.262 e. The number of halogens is 2. The molecule has 1 aliphatic carbocycles. The van der Waals surface area contributed by atoms with Gasteiger partial charge in [0.2, 0.25) is 0 Å². The van der Waals surface area contributed by atoms with Gasteiger partial charge in [-0.3, -0.25) is 4.79 Å². The Kier molecular flexibility index (Phi) is 4.82. The number of carbonyl (C=O) groups excluding carboxylic acids is 1. The minimum atomic E-state index is -0.517. The monoisotopic (exact) mass is 333 g/mol. The van der Waals surface area contributed by atoms with Gasteiger partial charge in [0.1, 0.15) is 11.6 Å². The highest BCUT2D eigenvalue weighted by Gasteiger charge is 2.14. The molecule has 0 saturated heterocycles. The Morgan fingerprint density at radius 1 is 1.22 bits per heavy atom. The third-order valence-corrected chi connectivity index (χ3v) is 4.20. The van der Waals surface area contributed by atoms with E-state index in [9.17, 15) is 9.18 Å². The summed E-state index contributed by atoms with van der Waals surface area (Å²) in [5, 5.41) is 2.62. The molecule has 0 spiro atoms. The van der Waals surface area contributed by atoms with E-state index in [2.05, 4.69) is 11.4 Å². The normalized spacial score (nSPS) is 13.3. The third-order valence-electron chi connectivity index (χ3n) is 3.92. The molecule has 2 aromatic rings. The number of fused-ring (bicyclic) bond motifs is 1. The first-order valence-electron chi connectivity index (χ1n) is 7.62. The molecule has 5 heteroatoms. The topological polar surface area (TPSA) is 38.3 Å². The second kappa shape index (κ2) is 7.01. The Balaban J connectivity index is 1.62. The number of rotatable bonds is 4. The van der Waals surface area contributed by atoms with Crippen LogP contribution in [0.2, 0.25) is 5.02 Å². The number of benzene rings is 2. The maximum atomic E-state index is 13.1. The predicted octanol–water partition coefficient (Wildman–Crippen LogP) is 4.38. The average molecular weight is 334 g/mol. The molecule has 0 saturated carbocycles. The van der Waals surface area contributed by atoms with Crippen molar-refractivity contribution >= 4 is 23.2 Å². The fourth-order valence-electron chi connectivity index (χ4n) is 2.80. The van der Waals surface area contributed by atoms with Gasteiger partial charge in [-0.2, -0.15) is 0 Å².